The van der Waals surface area contributed by atoms with Crippen molar-refractivity contribution >= 4 is 43.7 Å². The summed E-state index contributed by atoms with van der Waals surface area (Å²) in [5.74, 6) is 1.82. The van der Waals surface area contributed by atoms with Crippen LogP contribution in [0.3, 0.4) is 0 Å². The van der Waals surface area contributed by atoms with Gasteiger partial charge in [-0.15, -0.1) is 0 Å². The number of rotatable bonds is 6. The lowest BCUT2D eigenvalue weighted by Crippen LogP contribution is -2.00. The molecule has 0 saturated carbocycles. The Bertz CT molecular complexity index is 3240. The molecule has 5 heteroatoms. The lowest BCUT2D eigenvalue weighted by Gasteiger charge is -2.09. The molecule has 0 aliphatic carbocycles. The average molecular weight is 717 g/mol. The van der Waals surface area contributed by atoms with Gasteiger partial charge in [-0.1, -0.05) is 133 Å². The third-order valence-corrected chi connectivity index (χ3v) is 10.6. The highest BCUT2D eigenvalue weighted by Gasteiger charge is 2.17. The molecule has 5 nitrogen and oxygen atoms in total. The maximum atomic E-state index is 6.51. The molecule has 0 unspecified atom stereocenters. The van der Waals surface area contributed by atoms with Crippen LogP contribution >= 0.6 is 0 Å². The molecule has 11 aromatic rings. The molecule has 0 saturated heterocycles. The van der Waals surface area contributed by atoms with Crippen molar-refractivity contribution in [1.82, 2.24) is 19.5 Å². The summed E-state index contributed by atoms with van der Waals surface area (Å²) in [6, 6.07) is 67.5. The monoisotopic (exact) mass is 716 g/mol. The van der Waals surface area contributed by atoms with E-state index in [1.54, 1.807) is 0 Å². The van der Waals surface area contributed by atoms with Crippen molar-refractivity contribution in [2.45, 2.75) is 0 Å². The van der Waals surface area contributed by atoms with E-state index >= 15 is 0 Å². The van der Waals surface area contributed by atoms with Crippen molar-refractivity contribution < 1.29 is 4.42 Å². The molecule has 0 spiro atoms. The van der Waals surface area contributed by atoms with Crippen molar-refractivity contribution in [2.24, 2.45) is 0 Å². The fourth-order valence-electron chi connectivity index (χ4n) is 7.92. The summed E-state index contributed by atoms with van der Waals surface area (Å²) in [5.41, 5.74) is 12.4. The minimum Gasteiger partial charge on any atom is -0.456 e. The number of nitrogens with zero attached hydrogens (tertiary/aromatic N) is 4. The Kier molecular flexibility index (Phi) is 7.42. The van der Waals surface area contributed by atoms with Crippen LogP contribution in [0.25, 0.3) is 106 Å². The van der Waals surface area contributed by atoms with Crippen LogP contribution in [0.15, 0.2) is 199 Å². The first kappa shape index (κ1) is 31.9. The number of hydrogen-bond acceptors (Lipinski definition) is 4. The molecule has 8 aromatic carbocycles. The van der Waals surface area contributed by atoms with Crippen molar-refractivity contribution in [3.63, 3.8) is 0 Å². The van der Waals surface area contributed by atoms with Crippen molar-refractivity contribution in [3.8, 4) is 62.1 Å². The largest absolute Gasteiger partial charge is 0.456 e. The van der Waals surface area contributed by atoms with Crippen LogP contribution in [0.2, 0.25) is 0 Å². The van der Waals surface area contributed by atoms with Gasteiger partial charge in [0.2, 0.25) is 0 Å². The fraction of sp³-hybridized carbons (Fsp3) is 0. The second-order valence-electron chi connectivity index (χ2n) is 14.1. The number of para-hydroxylation sites is 2. The van der Waals surface area contributed by atoms with Crippen LogP contribution < -0.4 is 0 Å². The Balaban J connectivity index is 1.00. The maximum Gasteiger partial charge on any atom is 0.164 e. The Labute approximate surface area is 322 Å². The zero-order chi connectivity index (χ0) is 37.0. The van der Waals surface area contributed by atoms with Gasteiger partial charge in [0.05, 0.1) is 11.0 Å². The molecule has 0 amide bonds. The van der Waals surface area contributed by atoms with Gasteiger partial charge in [-0.2, -0.15) is 0 Å². The molecule has 0 atom stereocenters. The van der Waals surface area contributed by atoms with Gasteiger partial charge in [0.15, 0.2) is 17.5 Å². The van der Waals surface area contributed by atoms with Gasteiger partial charge in [0, 0.05) is 43.9 Å². The van der Waals surface area contributed by atoms with E-state index < -0.39 is 0 Å². The van der Waals surface area contributed by atoms with E-state index in [1.807, 2.05) is 42.5 Å². The van der Waals surface area contributed by atoms with Gasteiger partial charge in [-0.25, -0.2) is 15.0 Å². The highest BCUT2D eigenvalue weighted by atomic mass is 16.3. The maximum absolute atomic E-state index is 6.51. The highest BCUT2D eigenvalue weighted by molar-refractivity contribution is 6.11. The van der Waals surface area contributed by atoms with E-state index in [0.29, 0.717) is 17.5 Å². The average Bonchev–Trinajstić information content (AvgIpc) is 3.82. The van der Waals surface area contributed by atoms with Gasteiger partial charge in [-0.3, -0.25) is 0 Å². The molecule has 3 heterocycles. The number of furan rings is 1. The Morgan fingerprint density at radius 2 is 0.839 bits per heavy atom. The van der Waals surface area contributed by atoms with E-state index in [9.17, 15) is 0 Å². The lowest BCUT2D eigenvalue weighted by atomic mass is 10.0. The molecule has 56 heavy (non-hydrogen) atoms. The minimum absolute atomic E-state index is 0.588. The zero-order valence-corrected chi connectivity index (χ0v) is 30.2. The zero-order valence-electron chi connectivity index (χ0n) is 30.2. The summed E-state index contributed by atoms with van der Waals surface area (Å²) in [4.78, 5) is 15.0. The second-order valence-corrected chi connectivity index (χ2v) is 14.1. The summed E-state index contributed by atoms with van der Waals surface area (Å²) in [5, 5.41) is 4.56. The molecular formula is C51H32N4O. The Hall–Kier alpha value is -7.63. The highest BCUT2D eigenvalue weighted by Crippen LogP contribution is 2.38. The molecule has 0 bridgehead atoms. The molecule has 11 rings (SSSR count). The summed E-state index contributed by atoms with van der Waals surface area (Å²) in [7, 11) is 0. The number of aromatic nitrogens is 4. The molecule has 0 radical (unpaired) electrons. The molecule has 0 aliphatic heterocycles. The van der Waals surface area contributed by atoms with E-state index in [4.69, 9.17) is 19.4 Å². The summed E-state index contributed by atoms with van der Waals surface area (Å²) in [6.07, 6.45) is 0. The summed E-state index contributed by atoms with van der Waals surface area (Å²) in [6.45, 7) is 0. The van der Waals surface area contributed by atoms with Crippen molar-refractivity contribution in [2.75, 3.05) is 0 Å². The Morgan fingerprint density at radius 1 is 0.304 bits per heavy atom. The third kappa shape index (κ3) is 5.45. The van der Waals surface area contributed by atoms with Gasteiger partial charge < -0.3 is 8.98 Å². The van der Waals surface area contributed by atoms with E-state index in [-0.39, 0.29) is 0 Å². The molecule has 0 N–H and O–H groups in total. The van der Waals surface area contributed by atoms with Crippen LogP contribution in [0.4, 0.5) is 0 Å². The van der Waals surface area contributed by atoms with Gasteiger partial charge in [0.25, 0.3) is 0 Å². The number of fused-ring (bicyclic) bond motifs is 6. The van der Waals surface area contributed by atoms with E-state index in [1.165, 1.54) is 21.8 Å². The SMILES string of the molecule is c1ccc(-c2cccc(-c3nc(-c4ccccc4)nc(-c4ccc5c(c4)oc4ccc(-c6ccc7c(c6)c6ccccc6n7-c6ccccc6)cc45)n3)c2)cc1. The predicted octanol–water partition coefficient (Wildman–Crippen LogP) is 13.2. The van der Waals surface area contributed by atoms with E-state index in [0.717, 1.165) is 66.6 Å². The first-order chi connectivity index (χ1) is 27.7. The van der Waals surface area contributed by atoms with Crippen LogP contribution in [-0.4, -0.2) is 19.5 Å². The van der Waals surface area contributed by atoms with Gasteiger partial charge >= 0.3 is 0 Å². The molecular weight excluding hydrogens is 685 g/mol. The normalized spacial score (nSPS) is 11.6. The molecule has 3 aromatic heterocycles. The summed E-state index contributed by atoms with van der Waals surface area (Å²) < 4.78 is 8.85. The fourth-order valence-corrected chi connectivity index (χ4v) is 7.92. The number of hydrogen-bond donors (Lipinski definition) is 0. The predicted molar refractivity (Wildman–Crippen MR) is 229 cm³/mol. The van der Waals surface area contributed by atoms with Crippen molar-refractivity contribution in [1.29, 1.82) is 0 Å². The lowest BCUT2D eigenvalue weighted by molar-refractivity contribution is 0.669. The van der Waals surface area contributed by atoms with Crippen molar-refractivity contribution in [3.05, 3.63) is 194 Å². The first-order valence-corrected chi connectivity index (χ1v) is 18.8. The van der Waals surface area contributed by atoms with Crippen LogP contribution in [0.5, 0.6) is 0 Å². The first-order valence-electron chi connectivity index (χ1n) is 18.8. The third-order valence-electron chi connectivity index (χ3n) is 10.6. The quantitative estimate of drug-likeness (QED) is 0.172. The van der Waals surface area contributed by atoms with E-state index in [2.05, 4.69) is 156 Å². The minimum atomic E-state index is 0.588. The standard InChI is InChI=1S/C51H32N4O/c1-4-13-33(14-5-1)35-17-12-18-38(29-35)50-52-49(34-15-6-2-7-16-34)53-51(54-50)39-23-26-42-44-31-37(25-28-47(44)56-48(42)32-39)36-24-27-46-43(30-36)41-21-10-11-22-45(41)55(46)40-19-8-3-9-20-40/h1-32H. The van der Waals surface area contributed by atoms with Gasteiger partial charge in [0.1, 0.15) is 11.2 Å². The van der Waals surface area contributed by atoms with Crippen LogP contribution in [0, 0.1) is 0 Å². The summed E-state index contributed by atoms with van der Waals surface area (Å²) >= 11 is 0. The molecule has 0 aliphatic rings. The van der Waals surface area contributed by atoms with Gasteiger partial charge in [-0.05, 0) is 82.9 Å². The molecule has 0 fully saturated rings. The Morgan fingerprint density at radius 3 is 1.61 bits per heavy atom. The van der Waals surface area contributed by atoms with Crippen LogP contribution in [-0.2, 0) is 0 Å². The smallest absolute Gasteiger partial charge is 0.164 e. The van der Waals surface area contributed by atoms with Crippen LogP contribution in [0.1, 0.15) is 0 Å². The topological polar surface area (TPSA) is 56.7 Å². The second kappa shape index (κ2) is 13.0. The molecule has 262 valence electrons. The number of benzene rings is 8.